The molecule has 0 amide bonds. The van der Waals surface area contributed by atoms with Gasteiger partial charge in [0, 0.05) is 13.1 Å². The van der Waals surface area contributed by atoms with Crippen molar-refractivity contribution in [2.75, 3.05) is 32.8 Å². The molecule has 2 fully saturated rings. The Morgan fingerprint density at radius 2 is 1.78 bits per heavy atom. The average Bonchev–Trinajstić information content (AvgIpc) is 3.14. The molecule has 0 aromatic heterocycles. The van der Waals surface area contributed by atoms with E-state index in [-0.39, 0.29) is 0 Å². The van der Waals surface area contributed by atoms with Gasteiger partial charge in [-0.25, -0.2) is 8.42 Å². The number of ether oxygens (including phenoxy) is 1. The molecule has 0 aliphatic carbocycles. The molecule has 2 aliphatic rings. The maximum absolute atomic E-state index is 12.7. The number of hydrogen-bond donors (Lipinski definition) is 1. The zero-order chi connectivity index (χ0) is 16.3. The SMILES string of the molecule is CCCCCOc1ccc(S(=O)(=O)N2C[C@H]3CNC[C@H]3C2)cc1. The summed E-state index contributed by atoms with van der Waals surface area (Å²) in [4.78, 5) is 0.367. The number of sulfonamides is 1. The van der Waals surface area contributed by atoms with Crippen LogP contribution < -0.4 is 10.1 Å². The van der Waals surface area contributed by atoms with E-state index in [1.807, 2.05) is 0 Å². The summed E-state index contributed by atoms with van der Waals surface area (Å²) in [5.41, 5.74) is 0. The summed E-state index contributed by atoms with van der Waals surface area (Å²) in [6.45, 7) is 5.97. The van der Waals surface area contributed by atoms with Crippen LogP contribution in [0.3, 0.4) is 0 Å². The third-order valence-corrected chi connectivity index (χ3v) is 6.68. The number of nitrogens with one attached hydrogen (secondary N) is 1. The fraction of sp³-hybridized carbons (Fsp3) is 0.647. The second kappa shape index (κ2) is 7.20. The Labute approximate surface area is 139 Å². The molecule has 0 spiro atoms. The summed E-state index contributed by atoms with van der Waals surface area (Å²) >= 11 is 0. The van der Waals surface area contributed by atoms with E-state index in [0.717, 1.165) is 38.1 Å². The van der Waals surface area contributed by atoms with Crippen LogP contribution in [-0.2, 0) is 10.0 Å². The standard InChI is InChI=1S/C17H26N2O3S/c1-2-3-4-9-22-16-5-7-17(8-6-16)23(20,21)19-12-14-10-18-11-15(14)13-19/h5-8,14-15,18H,2-4,9-13H2,1H3/t14-,15+. The van der Waals surface area contributed by atoms with Gasteiger partial charge in [0.15, 0.2) is 0 Å². The first-order valence-electron chi connectivity index (χ1n) is 8.55. The molecule has 2 aliphatic heterocycles. The van der Waals surface area contributed by atoms with Gasteiger partial charge in [0.25, 0.3) is 0 Å². The molecule has 1 aromatic carbocycles. The van der Waals surface area contributed by atoms with Crippen molar-refractivity contribution in [3.8, 4) is 5.75 Å². The van der Waals surface area contributed by atoms with Crippen molar-refractivity contribution >= 4 is 10.0 Å². The van der Waals surface area contributed by atoms with Gasteiger partial charge in [-0.2, -0.15) is 4.31 Å². The Bertz CT molecular complexity index is 603. The van der Waals surface area contributed by atoms with Crippen molar-refractivity contribution in [2.45, 2.75) is 31.1 Å². The monoisotopic (exact) mass is 338 g/mol. The molecule has 0 radical (unpaired) electrons. The van der Waals surface area contributed by atoms with Crippen LogP contribution in [0.4, 0.5) is 0 Å². The molecule has 2 heterocycles. The molecule has 2 atom stereocenters. The molecule has 1 aromatic rings. The van der Waals surface area contributed by atoms with Crippen LogP contribution in [0.5, 0.6) is 5.75 Å². The van der Waals surface area contributed by atoms with Gasteiger partial charge in [0.05, 0.1) is 11.5 Å². The maximum atomic E-state index is 12.7. The number of benzene rings is 1. The number of nitrogens with zero attached hydrogens (tertiary/aromatic N) is 1. The minimum Gasteiger partial charge on any atom is -0.494 e. The lowest BCUT2D eigenvalue weighted by Gasteiger charge is -2.17. The number of hydrogen-bond acceptors (Lipinski definition) is 4. The predicted octanol–water partition coefficient (Wildman–Crippen LogP) is 2.10. The average molecular weight is 338 g/mol. The molecular formula is C17H26N2O3S. The predicted molar refractivity (Wildman–Crippen MR) is 90.1 cm³/mol. The van der Waals surface area contributed by atoms with Crippen LogP contribution in [0.25, 0.3) is 0 Å². The van der Waals surface area contributed by atoms with Crippen LogP contribution >= 0.6 is 0 Å². The highest BCUT2D eigenvalue weighted by Gasteiger charge is 2.41. The van der Waals surface area contributed by atoms with Gasteiger partial charge in [-0.1, -0.05) is 19.8 Å². The molecule has 0 bridgehead atoms. The summed E-state index contributed by atoms with van der Waals surface area (Å²) in [5.74, 6) is 1.67. The fourth-order valence-electron chi connectivity index (χ4n) is 3.41. The summed E-state index contributed by atoms with van der Waals surface area (Å²) in [5, 5.41) is 3.33. The zero-order valence-corrected chi connectivity index (χ0v) is 14.5. The second-order valence-electron chi connectivity index (χ2n) is 6.53. The van der Waals surface area contributed by atoms with E-state index >= 15 is 0 Å². The number of fused-ring (bicyclic) bond motifs is 1. The molecule has 0 saturated carbocycles. The van der Waals surface area contributed by atoms with Gasteiger partial charge in [0.2, 0.25) is 10.0 Å². The molecule has 128 valence electrons. The van der Waals surface area contributed by atoms with Crippen LogP contribution in [0.1, 0.15) is 26.2 Å². The Morgan fingerprint density at radius 3 is 2.39 bits per heavy atom. The summed E-state index contributed by atoms with van der Waals surface area (Å²) in [6, 6.07) is 6.85. The van der Waals surface area contributed by atoms with E-state index in [9.17, 15) is 8.42 Å². The molecular weight excluding hydrogens is 312 g/mol. The zero-order valence-electron chi connectivity index (χ0n) is 13.7. The lowest BCUT2D eigenvalue weighted by atomic mass is 10.0. The van der Waals surface area contributed by atoms with Gasteiger partial charge in [0.1, 0.15) is 5.75 Å². The topological polar surface area (TPSA) is 58.6 Å². The van der Waals surface area contributed by atoms with Crippen molar-refractivity contribution in [1.82, 2.24) is 9.62 Å². The highest BCUT2D eigenvalue weighted by Crippen LogP contribution is 2.31. The molecule has 3 rings (SSSR count). The first-order valence-corrected chi connectivity index (χ1v) is 9.99. The van der Waals surface area contributed by atoms with Crippen molar-refractivity contribution in [2.24, 2.45) is 11.8 Å². The van der Waals surface area contributed by atoms with Crippen LogP contribution in [0.15, 0.2) is 29.2 Å². The fourth-order valence-corrected chi connectivity index (χ4v) is 4.96. The van der Waals surface area contributed by atoms with Crippen molar-refractivity contribution in [3.05, 3.63) is 24.3 Å². The normalized spacial score (nSPS) is 24.7. The van der Waals surface area contributed by atoms with E-state index in [4.69, 9.17) is 4.74 Å². The van der Waals surface area contributed by atoms with Crippen molar-refractivity contribution < 1.29 is 13.2 Å². The highest BCUT2D eigenvalue weighted by atomic mass is 32.2. The van der Waals surface area contributed by atoms with Crippen molar-refractivity contribution in [1.29, 1.82) is 0 Å². The quantitative estimate of drug-likeness (QED) is 0.774. The third-order valence-electron chi connectivity index (χ3n) is 4.83. The smallest absolute Gasteiger partial charge is 0.243 e. The van der Waals surface area contributed by atoms with Crippen LogP contribution in [0, 0.1) is 11.8 Å². The molecule has 5 nitrogen and oxygen atoms in total. The van der Waals surface area contributed by atoms with Gasteiger partial charge in [-0.3, -0.25) is 0 Å². The Kier molecular flexibility index (Phi) is 5.24. The van der Waals surface area contributed by atoms with Crippen LogP contribution in [-0.4, -0.2) is 45.5 Å². The Morgan fingerprint density at radius 1 is 1.13 bits per heavy atom. The summed E-state index contributed by atoms with van der Waals surface area (Å²) < 4.78 is 32.8. The van der Waals surface area contributed by atoms with Gasteiger partial charge >= 0.3 is 0 Å². The maximum Gasteiger partial charge on any atom is 0.243 e. The van der Waals surface area contributed by atoms with E-state index in [2.05, 4.69) is 12.2 Å². The molecule has 23 heavy (non-hydrogen) atoms. The largest absolute Gasteiger partial charge is 0.494 e. The number of rotatable bonds is 7. The minimum atomic E-state index is -3.38. The molecule has 2 saturated heterocycles. The lowest BCUT2D eigenvalue weighted by Crippen LogP contribution is -2.31. The van der Waals surface area contributed by atoms with E-state index in [0.29, 0.717) is 36.4 Å². The van der Waals surface area contributed by atoms with Crippen LogP contribution in [0.2, 0.25) is 0 Å². The molecule has 1 N–H and O–H groups in total. The summed E-state index contributed by atoms with van der Waals surface area (Å²) in [6.07, 6.45) is 3.34. The van der Waals surface area contributed by atoms with Gasteiger partial charge in [-0.05, 0) is 55.6 Å². The number of unbranched alkanes of at least 4 members (excludes halogenated alkanes) is 2. The third kappa shape index (κ3) is 3.70. The van der Waals surface area contributed by atoms with Crippen molar-refractivity contribution in [3.63, 3.8) is 0 Å². The second-order valence-corrected chi connectivity index (χ2v) is 8.47. The minimum absolute atomic E-state index is 0.367. The van der Waals surface area contributed by atoms with Gasteiger partial charge < -0.3 is 10.1 Å². The van der Waals surface area contributed by atoms with E-state index in [1.54, 1.807) is 28.6 Å². The summed E-state index contributed by atoms with van der Waals surface area (Å²) in [7, 11) is -3.38. The van der Waals surface area contributed by atoms with E-state index in [1.165, 1.54) is 0 Å². The molecule has 6 heteroatoms. The highest BCUT2D eigenvalue weighted by molar-refractivity contribution is 7.89. The first kappa shape index (κ1) is 16.7. The van der Waals surface area contributed by atoms with Gasteiger partial charge in [-0.15, -0.1) is 0 Å². The first-order chi connectivity index (χ1) is 11.1. The lowest BCUT2D eigenvalue weighted by molar-refractivity contribution is 0.306. The van der Waals surface area contributed by atoms with E-state index < -0.39 is 10.0 Å². The Hall–Kier alpha value is -1.11. The Balaban J connectivity index is 1.62. The molecule has 0 unspecified atom stereocenters.